The lowest BCUT2D eigenvalue weighted by Gasteiger charge is -2.21. The van der Waals surface area contributed by atoms with Crippen LogP contribution in [0.15, 0.2) is 24.3 Å². The van der Waals surface area contributed by atoms with Crippen LogP contribution in [-0.4, -0.2) is 36.3 Å². The molecule has 0 unspecified atom stereocenters. The largest absolute Gasteiger partial charge is 0.573 e. The van der Waals surface area contributed by atoms with Crippen LogP contribution in [0, 0.1) is 0 Å². The van der Waals surface area contributed by atoms with Gasteiger partial charge in [0.15, 0.2) is 5.75 Å². The van der Waals surface area contributed by atoms with Crippen molar-refractivity contribution in [2.24, 2.45) is 0 Å². The van der Waals surface area contributed by atoms with Crippen LogP contribution in [0.1, 0.15) is 19.8 Å². The number of halogens is 3. The van der Waals surface area contributed by atoms with Gasteiger partial charge in [0, 0.05) is 12.6 Å². The van der Waals surface area contributed by atoms with Crippen LogP contribution in [0.5, 0.6) is 5.75 Å². The predicted octanol–water partition coefficient (Wildman–Crippen LogP) is 3.01. The van der Waals surface area contributed by atoms with E-state index in [2.05, 4.69) is 10.1 Å². The van der Waals surface area contributed by atoms with Gasteiger partial charge in [0.2, 0.25) is 5.91 Å². The lowest BCUT2D eigenvalue weighted by Crippen LogP contribution is -2.37. The van der Waals surface area contributed by atoms with Crippen molar-refractivity contribution in [3.8, 4) is 5.75 Å². The van der Waals surface area contributed by atoms with E-state index in [9.17, 15) is 18.0 Å². The second kappa shape index (κ2) is 6.24. The molecule has 0 aliphatic heterocycles. The van der Waals surface area contributed by atoms with Crippen LogP contribution in [-0.2, 0) is 4.79 Å². The Labute approximate surface area is 120 Å². The standard InChI is InChI=1S/C14H17F3N2O2/c1-2-19(10-7-8-10)13(20)9-18-11-5-3-4-6-12(11)21-14(15,16)17/h3-6,10,18H,2,7-9H2,1H3. The van der Waals surface area contributed by atoms with Gasteiger partial charge in [0.25, 0.3) is 0 Å². The van der Waals surface area contributed by atoms with Crippen molar-refractivity contribution in [3.63, 3.8) is 0 Å². The van der Waals surface area contributed by atoms with Crippen molar-refractivity contribution in [2.75, 3.05) is 18.4 Å². The second-order valence-corrected chi connectivity index (χ2v) is 4.81. The number of hydrogen-bond acceptors (Lipinski definition) is 3. The van der Waals surface area contributed by atoms with Crippen LogP contribution in [0.4, 0.5) is 18.9 Å². The van der Waals surface area contributed by atoms with Crippen molar-refractivity contribution in [2.45, 2.75) is 32.2 Å². The number of alkyl halides is 3. The number of nitrogens with zero attached hydrogens (tertiary/aromatic N) is 1. The molecule has 1 aliphatic rings. The number of carbonyl (C=O) groups excluding carboxylic acids is 1. The molecule has 2 rings (SSSR count). The van der Waals surface area contributed by atoms with Gasteiger partial charge in [-0.3, -0.25) is 4.79 Å². The van der Waals surface area contributed by atoms with Crippen molar-refractivity contribution < 1.29 is 22.7 Å². The third-order valence-corrected chi connectivity index (χ3v) is 3.19. The summed E-state index contributed by atoms with van der Waals surface area (Å²) in [6.07, 6.45) is -2.77. The van der Waals surface area contributed by atoms with Crippen LogP contribution in [0.2, 0.25) is 0 Å². The molecule has 1 saturated carbocycles. The van der Waals surface area contributed by atoms with E-state index in [1.165, 1.54) is 18.2 Å². The molecule has 0 radical (unpaired) electrons. The second-order valence-electron chi connectivity index (χ2n) is 4.81. The molecular formula is C14H17F3N2O2. The molecule has 1 aliphatic carbocycles. The lowest BCUT2D eigenvalue weighted by molar-refractivity contribution is -0.274. The molecule has 116 valence electrons. The first-order valence-corrected chi connectivity index (χ1v) is 6.79. The number of hydrogen-bond donors (Lipinski definition) is 1. The molecule has 7 heteroatoms. The third kappa shape index (κ3) is 4.54. The molecule has 0 atom stereocenters. The van der Waals surface area contributed by atoms with Crippen molar-refractivity contribution in [3.05, 3.63) is 24.3 Å². The van der Waals surface area contributed by atoms with Gasteiger partial charge in [-0.2, -0.15) is 0 Å². The summed E-state index contributed by atoms with van der Waals surface area (Å²) < 4.78 is 40.8. The number of likely N-dealkylation sites (N-methyl/N-ethyl adjacent to an activating group) is 1. The van der Waals surface area contributed by atoms with Crippen molar-refractivity contribution in [1.82, 2.24) is 4.90 Å². The highest BCUT2D eigenvalue weighted by atomic mass is 19.4. The Morgan fingerprint density at radius 2 is 2.05 bits per heavy atom. The van der Waals surface area contributed by atoms with E-state index in [0.29, 0.717) is 6.54 Å². The van der Waals surface area contributed by atoms with E-state index in [-0.39, 0.29) is 29.9 Å². The molecule has 21 heavy (non-hydrogen) atoms. The number of rotatable bonds is 6. The Hall–Kier alpha value is -1.92. The van der Waals surface area contributed by atoms with E-state index in [1.807, 2.05) is 6.92 Å². The molecule has 1 aromatic carbocycles. The number of para-hydroxylation sites is 2. The van der Waals surface area contributed by atoms with Crippen molar-refractivity contribution in [1.29, 1.82) is 0 Å². The molecule has 1 amide bonds. The molecule has 4 nitrogen and oxygen atoms in total. The van der Waals surface area contributed by atoms with Crippen LogP contribution in [0.3, 0.4) is 0 Å². The molecular weight excluding hydrogens is 285 g/mol. The van der Waals surface area contributed by atoms with Crippen LogP contribution >= 0.6 is 0 Å². The maximum atomic E-state index is 12.3. The first-order chi connectivity index (χ1) is 9.90. The maximum Gasteiger partial charge on any atom is 0.573 e. The number of anilines is 1. The minimum Gasteiger partial charge on any atom is -0.404 e. The highest BCUT2D eigenvalue weighted by Crippen LogP contribution is 2.30. The summed E-state index contributed by atoms with van der Waals surface area (Å²) in [7, 11) is 0. The summed E-state index contributed by atoms with van der Waals surface area (Å²) >= 11 is 0. The number of amides is 1. The van der Waals surface area contributed by atoms with Gasteiger partial charge >= 0.3 is 6.36 Å². The Morgan fingerprint density at radius 3 is 2.62 bits per heavy atom. The minimum absolute atomic E-state index is 0.0530. The quantitative estimate of drug-likeness (QED) is 0.878. The smallest absolute Gasteiger partial charge is 0.404 e. The van der Waals surface area contributed by atoms with E-state index >= 15 is 0 Å². The first kappa shape index (κ1) is 15.5. The van der Waals surface area contributed by atoms with Gasteiger partial charge in [0.1, 0.15) is 0 Å². The maximum absolute atomic E-state index is 12.3. The monoisotopic (exact) mass is 302 g/mol. The summed E-state index contributed by atoms with van der Waals surface area (Å²) in [6, 6.07) is 5.96. The summed E-state index contributed by atoms with van der Waals surface area (Å²) in [5, 5.41) is 2.72. The average molecular weight is 302 g/mol. The first-order valence-electron chi connectivity index (χ1n) is 6.79. The zero-order valence-corrected chi connectivity index (χ0v) is 11.6. The molecule has 0 aromatic heterocycles. The minimum atomic E-state index is -4.76. The average Bonchev–Trinajstić information content (AvgIpc) is 3.21. The summed E-state index contributed by atoms with van der Waals surface area (Å²) in [6.45, 7) is 2.44. The summed E-state index contributed by atoms with van der Waals surface area (Å²) in [5.41, 5.74) is 0.148. The molecule has 0 spiro atoms. The Morgan fingerprint density at radius 1 is 1.38 bits per heavy atom. The van der Waals surface area contributed by atoms with Crippen molar-refractivity contribution >= 4 is 11.6 Å². The normalized spacial score (nSPS) is 14.7. The number of benzene rings is 1. The molecule has 1 N–H and O–H groups in total. The van der Waals surface area contributed by atoms with E-state index in [4.69, 9.17) is 0 Å². The van der Waals surface area contributed by atoms with Gasteiger partial charge < -0.3 is 15.0 Å². The fourth-order valence-electron chi connectivity index (χ4n) is 2.12. The number of nitrogens with one attached hydrogen (secondary N) is 1. The van der Waals surface area contributed by atoms with E-state index < -0.39 is 6.36 Å². The molecule has 1 aromatic rings. The predicted molar refractivity (Wildman–Crippen MR) is 72.0 cm³/mol. The topological polar surface area (TPSA) is 41.6 Å². The van der Waals surface area contributed by atoms with Gasteiger partial charge in [-0.05, 0) is 31.9 Å². The van der Waals surface area contributed by atoms with Gasteiger partial charge in [-0.25, -0.2) is 0 Å². The fraction of sp³-hybridized carbons (Fsp3) is 0.500. The van der Waals surface area contributed by atoms with Crippen LogP contribution < -0.4 is 10.1 Å². The zero-order valence-electron chi connectivity index (χ0n) is 11.6. The number of carbonyl (C=O) groups is 1. The highest BCUT2D eigenvalue weighted by molar-refractivity contribution is 5.82. The molecule has 0 heterocycles. The van der Waals surface area contributed by atoms with Crippen LogP contribution in [0.25, 0.3) is 0 Å². The Bertz CT molecular complexity index is 501. The summed E-state index contributed by atoms with van der Waals surface area (Å²) in [4.78, 5) is 13.8. The Kier molecular flexibility index (Phi) is 4.59. The lowest BCUT2D eigenvalue weighted by atomic mass is 10.3. The van der Waals surface area contributed by atoms with Gasteiger partial charge in [0.05, 0.1) is 12.2 Å². The fourth-order valence-corrected chi connectivity index (χ4v) is 2.12. The Balaban J connectivity index is 1.97. The van der Waals surface area contributed by atoms with E-state index in [1.54, 1.807) is 11.0 Å². The third-order valence-electron chi connectivity index (χ3n) is 3.19. The molecule has 0 bridgehead atoms. The van der Waals surface area contributed by atoms with Gasteiger partial charge in [-0.1, -0.05) is 12.1 Å². The molecule has 0 saturated heterocycles. The summed E-state index contributed by atoms with van der Waals surface area (Å²) in [5.74, 6) is -0.464. The SMILES string of the molecule is CCN(C(=O)CNc1ccccc1OC(F)(F)F)C1CC1. The number of ether oxygens (including phenoxy) is 1. The van der Waals surface area contributed by atoms with Gasteiger partial charge in [-0.15, -0.1) is 13.2 Å². The highest BCUT2D eigenvalue weighted by Gasteiger charge is 2.33. The zero-order chi connectivity index (χ0) is 15.5. The molecule has 1 fully saturated rings. The van der Waals surface area contributed by atoms with E-state index in [0.717, 1.165) is 12.8 Å².